The highest BCUT2D eigenvalue weighted by atomic mass is 16.3. The standard InChI is InChI=1S/2C29H42O2.C29H38O2.C21H32O2.C8H6.4C2H6/c3*1-27-16-14-22(30)19-21(27)9-10-23-24-11-12-26(28(24,2)17-15-25(23)27)29(3,31)18-13-20-7-5-4-6-8-20;1-13(22)17-6-7-18-16-5-4-14-12-15(23)8-10-20(14,2)19(16)9-11-21(17,18)3;1-2-8-6-4-3-5-7-8;4*1-2/h2*4-9,22-26,30-31H,10-19H2,1-3H3;4-9,22-26,30-31H,10-12,14-17,19H2,1-3H3;4,15-19,23H,5-12H2,1-3H3;1,3-7H;4*1-2H3/t3*22-,23-,24-,25-,26-,27-,28-,29+;15-,16-,17+,18-,19-,20-,21+;;;;;/m0000...../s1/i13D2,18D2;;;;;;;;. The van der Waals surface area contributed by atoms with Crippen LogP contribution in [0, 0.1) is 162 Å². The largest absolute Gasteiger partial charge is 0.393 e. The zero-order valence-electron chi connectivity index (χ0n) is 90.1. The minimum atomic E-state index is -2.45. The highest BCUT2D eigenvalue weighted by Crippen LogP contribution is 2.73. The number of carbonyl (C=O) groups is 1. The molecule has 12 fully saturated rings. The maximum atomic E-state index is 12.2. The van der Waals surface area contributed by atoms with Gasteiger partial charge < -0.3 is 35.7 Å². The van der Waals surface area contributed by atoms with Gasteiger partial charge in [0.1, 0.15) is 11.4 Å². The Hall–Kier alpha value is -5.65. The Morgan fingerprint density at radius 1 is 0.379 bits per heavy atom. The van der Waals surface area contributed by atoms with Crippen LogP contribution in [0.2, 0.25) is 0 Å². The molecule has 16 aliphatic carbocycles. The van der Waals surface area contributed by atoms with E-state index in [2.05, 4.69) is 135 Å². The number of Topliss-reactive ketones (excluding diaryl/α,β-unsaturated/α-hetero) is 1. The highest BCUT2D eigenvalue weighted by molar-refractivity contribution is 5.79. The summed E-state index contributed by atoms with van der Waals surface area (Å²) in [6.07, 6.45) is 46.0. The molecule has 4 aromatic carbocycles. The third-order valence-corrected chi connectivity index (χ3v) is 40.1. The lowest BCUT2D eigenvalue weighted by Gasteiger charge is -2.59. The molecular weight excluding hydrogens is 1620 g/mol. The van der Waals surface area contributed by atoms with Gasteiger partial charge in [-0.05, 0) is 420 Å². The lowest BCUT2D eigenvalue weighted by atomic mass is 9.46. The Labute approximate surface area is 810 Å². The number of hydrogen-bond donors (Lipinski definition) is 7. The SMILES string of the molecule is C#Cc1ccccc1.CC.CC.CC.CC.CC(=O)[C@H]1CC[C@H]2[C@@H]3CC=C4C[C@@H](O)CC[C@]4(C)[C@H]3CC[C@]12C.C[C@]12CC[C@H]3[C@@H](CC=C4C[C@@H](O)CC[C@@]43C)[C@@H]1CC[C@@H]2[C@](C)(O)C#Cc1ccccc1.C[C@]12CC[C@H]3[C@@H](CC=C4C[C@@H](O)CC[C@@]43C)[C@@H]1CC[C@@H]2[C@](C)(O)CCc1ccccc1.[2H]C([2H])(c1ccccc1)C([2H])([2H])[C@@](C)(O)[C@H]1CC[C@H]2[C@@H]3CC=C4C[C@@H](O)CC[C@]4(C)[C@H]3CC[C@@]21C. The van der Waals surface area contributed by atoms with Gasteiger partial charge in [-0.15, -0.1) is 6.42 Å². The first-order chi connectivity index (χ1) is 64.5. The Kier molecular flexibility index (Phi) is 33.0. The number of aryl methyl sites for hydroxylation is 2. The summed E-state index contributed by atoms with van der Waals surface area (Å²) in [5, 5.41) is 76.0. The molecule has 4 aromatic rings. The van der Waals surface area contributed by atoms with E-state index in [9.17, 15) is 40.5 Å². The van der Waals surface area contributed by atoms with Crippen LogP contribution in [0.1, 0.15) is 384 Å². The van der Waals surface area contributed by atoms with E-state index in [-0.39, 0.29) is 74.3 Å². The van der Waals surface area contributed by atoms with E-state index in [1.807, 2.05) is 130 Å². The van der Waals surface area contributed by atoms with E-state index in [0.29, 0.717) is 58.0 Å². The Balaban J connectivity index is 0.000000156. The van der Waals surface area contributed by atoms with E-state index < -0.39 is 29.5 Å². The van der Waals surface area contributed by atoms with E-state index in [0.717, 1.165) is 194 Å². The number of aliphatic hydroxyl groups is 7. The molecule has 0 heterocycles. The van der Waals surface area contributed by atoms with Crippen molar-refractivity contribution >= 4 is 5.78 Å². The topological polar surface area (TPSA) is 159 Å². The predicted molar refractivity (Wildman–Crippen MR) is 550 cm³/mol. The molecule has 0 bridgehead atoms. The summed E-state index contributed by atoms with van der Waals surface area (Å²) in [6, 6.07) is 38.8. The van der Waals surface area contributed by atoms with Gasteiger partial charge in [0.15, 0.2) is 0 Å². The van der Waals surface area contributed by atoms with Gasteiger partial charge in [-0.2, -0.15) is 0 Å². The second-order valence-corrected chi connectivity index (χ2v) is 46.3. The lowest BCUT2D eigenvalue weighted by molar-refractivity contribution is -0.127. The molecule has 0 saturated heterocycles. The number of fused-ring (bicyclic) bond motifs is 20. The number of allylic oxidation sites excluding steroid dienone is 4. The molecule has 728 valence electrons. The molecule has 0 radical (unpaired) electrons. The van der Waals surface area contributed by atoms with Crippen molar-refractivity contribution in [1.82, 2.24) is 0 Å². The number of ketones is 1. The third kappa shape index (κ3) is 21.0. The summed E-state index contributed by atoms with van der Waals surface area (Å²) in [6.45, 7) is 43.0. The molecule has 7 N–H and O–H groups in total. The normalized spacial score (nSPS) is 41.2. The second-order valence-electron chi connectivity index (χ2n) is 46.3. The molecule has 0 aromatic heterocycles. The molecule has 0 spiro atoms. The van der Waals surface area contributed by atoms with Crippen LogP contribution in [0.5, 0.6) is 0 Å². The van der Waals surface area contributed by atoms with Crippen molar-refractivity contribution in [3.63, 3.8) is 0 Å². The maximum Gasteiger partial charge on any atom is 0.133 e. The molecule has 0 amide bonds. The van der Waals surface area contributed by atoms with Crippen LogP contribution < -0.4 is 0 Å². The first kappa shape index (κ1) is 99.4. The lowest BCUT2D eigenvalue weighted by Crippen LogP contribution is -2.53. The number of terminal acetylenes is 1. The summed E-state index contributed by atoms with van der Waals surface area (Å²) in [5.74, 6) is 18.2. The van der Waals surface area contributed by atoms with Crippen LogP contribution in [-0.2, 0) is 17.6 Å². The minimum absolute atomic E-state index is 0.117. The number of hydrogen-bond acceptors (Lipinski definition) is 8. The van der Waals surface area contributed by atoms with Crippen molar-refractivity contribution in [2.24, 2.45) is 138 Å². The fourth-order valence-electron chi connectivity index (χ4n) is 33.5. The van der Waals surface area contributed by atoms with Crippen LogP contribution >= 0.6 is 0 Å². The summed E-state index contributed by atoms with van der Waals surface area (Å²) in [7, 11) is 0. The van der Waals surface area contributed by atoms with Gasteiger partial charge >= 0.3 is 0 Å². The Bertz CT molecular complexity index is 4820. The van der Waals surface area contributed by atoms with Gasteiger partial charge in [0.2, 0.25) is 0 Å². The van der Waals surface area contributed by atoms with Gasteiger partial charge in [0.25, 0.3) is 0 Å². The van der Waals surface area contributed by atoms with Crippen molar-refractivity contribution in [2.45, 2.75) is 411 Å². The summed E-state index contributed by atoms with van der Waals surface area (Å²) in [4.78, 5) is 12.2. The van der Waals surface area contributed by atoms with Crippen LogP contribution in [0.3, 0.4) is 0 Å². The summed E-state index contributed by atoms with van der Waals surface area (Å²) < 4.78 is 35.5. The third-order valence-electron chi connectivity index (χ3n) is 40.1. The molecule has 20 rings (SSSR count). The molecular formula is C124H184O8. The fourth-order valence-corrected chi connectivity index (χ4v) is 33.5. The number of rotatable bonds is 10. The Morgan fingerprint density at radius 3 is 1.03 bits per heavy atom. The van der Waals surface area contributed by atoms with Gasteiger partial charge in [-0.3, -0.25) is 4.79 Å². The average Bonchev–Trinajstić information content (AvgIpc) is 1.49. The molecule has 31 atom stereocenters. The minimum Gasteiger partial charge on any atom is -0.393 e. The zero-order chi connectivity index (χ0) is 99.4. The maximum absolute atomic E-state index is 12.2. The van der Waals surface area contributed by atoms with Gasteiger partial charge in [-0.1, -0.05) is 272 Å². The molecule has 132 heavy (non-hydrogen) atoms. The quantitative estimate of drug-likeness (QED) is 0.0611. The van der Waals surface area contributed by atoms with Gasteiger partial charge in [0.05, 0.1) is 35.6 Å². The molecule has 0 aliphatic heterocycles. The first-order valence-corrected chi connectivity index (χ1v) is 53.9. The van der Waals surface area contributed by atoms with Gasteiger partial charge in [-0.25, -0.2) is 0 Å². The van der Waals surface area contributed by atoms with E-state index >= 15 is 0 Å². The van der Waals surface area contributed by atoms with Crippen LogP contribution in [0.25, 0.3) is 0 Å². The number of carbonyl (C=O) groups excluding carboxylic acids is 1. The highest BCUT2D eigenvalue weighted by Gasteiger charge is 2.66. The van der Waals surface area contributed by atoms with Crippen molar-refractivity contribution in [1.29, 1.82) is 0 Å². The van der Waals surface area contributed by atoms with E-state index in [4.69, 9.17) is 11.9 Å². The number of benzene rings is 4. The van der Waals surface area contributed by atoms with Crippen molar-refractivity contribution in [3.8, 4) is 24.2 Å². The molecule has 16 aliphatic rings. The van der Waals surface area contributed by atoms with Crippen LogP contribution in [0.4, 0.5) is 0 Å². The Morgan fingerprint density at radius 2 is 0.682 bits per heavy atom. The number of aliphatic hydroxyl groups excluding tert-OH is 4. The zero-order valence-corrected chi connectivity index (χ0v) is 86.1. The summed E-state index contributed by atoms with van der Waals surface area (Å²) >= 11 is 0. The molecule has 8 nitrogen and oxygen atoms in total. The molecule has 0 unspecified atom stereocenters. The predicted octanol–water partition coefficient (Wildman–Crippen LogP) is 28.6. The van der Waals surface area contributed by atoms with E-state index in [1.165, 1.54) is 93.8 Å². The van der Waals surface area contributed by atoms with Crippen LogP contribution in [0.15, 0.2) is 168 Å². The van der Waals surface area contributed by atoms with Gasteiger partial charge in [0, 0.05) is 28.4 Å². The first-order valence-electron chi connectivity index (χ1n) is 55.9. The summed E-state index contributed by atoms with van der Waals surface area (Å²) in [5.41, 5.74) is 7.72. The fraction of sp³-hybridized carbons (Fsp3) is 0.702. The van der Waals surface area contributed by atoms with Crippen LogP contribution in [-0.4, -0.2) is 82.7 Å². The smallest absolute Gasteiger partial charge is 0.133 e. The van der Waals surface area contributed by atoms with Crippen molar-refractivity contribution in [3.05, 3.63) is 190 Å². The van der Waals surface area contributed by atoms with Crippen molar-refractivity contribution in [2.75, 3.05) is 0 Å². The molecule has 12 saturated carbocycles. The molecule has 8 heteroatoms. The average molecular weight is 1810 g/mol. The van der Waals surface area contributed by atoms with E-state index in [1.54, 1.807) is 48.4 Å². The second kappa shape index (κ2) is 43.8. The van der Waals surface area contributed by atoms with Crippen molar-refractivity contribution < 1.29 is 46.0 Å². The monoisotopic (exact) mass is 1810 g/mol.